The van der Waals surface area contributed by atoms with Crippen molar-refractivity contribution in [2.75, 3.05) is 5.32 Å². The number of nitrogens with zero attached hydrogens (tertiary/aromatic N) is 1. The Bertz CT molecular complexity index is 1010. The van der Waals surface area contributed by atoms with Crippen molar-refractivity contribution in [3.05, 3.63) is 83.2 Å². The molecule has 0 saturated heterocycles. The van der Waals surface area contributed by atoms with Gasteiger partial charge in [-0.3, -0.25) is 9.78 Å². The molecule has 0 radical (unpaired) electrons. The number of fused-ring (bicyclic) bond motifs is 1. The molecule has 3 nitrogen and oxygen atoms in total. The number of amides is 1. The Morgan fingerprint density at radius 3 is 2.64 bits per heavy atom. The normalized spacial score (nSPS) is 10.7. The minimum absolute atomic E-state index is 0.0261. The van der Waals surface area contributed by atoms with Crippen molar-refractivity contribution < 1.29 is 4.79 Å². The number of anilines is 1. The van der Waals surface area contributed by atoms with Crippen molar-refractivity contribution in [2.24, 2.45) is 0 Å². The number of rotatable bonds is 4. The highest BCUT2D eigenvalue weighted by Crippen LogP contribution is 2.32. The van der Waals surface area contributed by atoms with Crippen LogP contribution in [0.5, 0.6) is 0 Å². The van der Waals surface area contributed by atoms with E-state index in [1.807, 2.05) is 60.0 Å². The van der Waals surface area contributed by atoms with Gasteiger partial charge in [-0.1, -0.05) is 48.5 Å². The molecular formula is C21H16N2OS. The minimum atomic E-state index is -0.0261. The summed E-state index contributed by atoms with van der Waals surface area (Å²) in [7, 11) is 0. The molecule has 2 heterocycles. The van der Waals surface area contributed by atoms with Gasteiger partial charge in [0.05, 0.1) is 17.6 Å². The summed E-state index contributed by atoms with van der Waals surface area (Å²) < 4.78 is 0. The Balaban J connectivity index is 1.70. The van der Waals surface area contributed by atoms with Crippen LogP contribution in [0, 0.1) is 0 Å². The largest absolute Gasteiger partial charge is 0.324 e. The van der Waals surface area contributed by atoms with E-state index in [1.165, 1.54) is 0 Å². The van der Waals surface area contributed by atoms with Crippen molar-refractivity contribution in [1.82, 2.24) is 4.98 Å². The first kappa shape index (κ1) is 15.5. The molecule has 0 bridgehead atoms. The van der Waals surface area contributed by atoms with E-state index in [9.17, 15) is 4.79 Å². The molecule has 4 aromatic rings. The van der Waals surface area contributed by atoms with Crippen LogP contribution < -0.4 is 5.32 Å². The van der Waals surface area contributed by atoms with E-state index >= 15 is 0 Å². The first-order valence-corrected chi connectivity index (χ1v) is 8.94. The monoisotopic (exact) mass is 344 g/mol. The number of hydrogen-bond acceptors (Lipinski definition) is 3. The van der Waals surface area contributed by atoms with Crippen LogP contribution in [0.1, 0.15) is 4.88 Å². The van der Waals surface area contributed by atoms with Crippen LogP contribution in [-0.4, -0.2) is 10.9 Å². The summed E-state index contributed by atoms with van der Waals surface area (Å²) in [5, 5.41) is 6.02. The molecule has 0 aliphatic heterocycles. The molecule has 122 valence electrons. The first-order valence-electron chi connectivity index (χ1n) is 8.06. The number of thiophene rings is 1. The fourth-order valence-corrected chi connectivity index (χ4v) is 3.61. The van der Waals surface area contributed by atoms with Crippen LogP contribution in [0.3, 0.4) is 0 Å². The molecule has 1 amide bonds. The molecule has 0 unspecified atom stereocenters. The zero-order valence-corrected chi connectivity index (χ0v) is 14.3. The number of nitrogens with one attached hydrogen (secondary N) is 1. The molecule has 0 spiro atoms. The molecule has 0 atom stereocenters. The average molecular weight is 344 g/mol. The van der Waals surface area contributed by atoms with E-state index < -0.39 is 0 Å². The van der Waals surface area contributed by atoms with E-state index in [1.54, 1.807) is 17.5 Å². The zero-order valence-electron chi connectivity index (χ0n) is 13.5. The Labute approximate surface area is 150 Å². The number of carbonyl (C=O) groups excluding carboxylic acids is 1. The van der Waals surface area contributed by atoms with Crippen molar-refractivity contribution >= 4 is 33.8 Å². The lowest BCUT2D eigenvalue weighted by atomic mass is 10.00. The zero-order chi connectivity index (χ0) is 17.1. The lowest BCUT2D eigenvalue weighted by molar-refractivity contribution is -0.115. The standard InChI is InChI=1S/C21H16N2OS/c24-20(14-16-8-5-13-25-16)23-19-11-10-17(15-6-2-1-3-7-15)18-9-4-12-22-21(18)19/h1-13H,14H2,(H,23,24). The highest BCUT2D eigenvalue weighted by molar-refractivity contribution is 7.10. The molecule has 25 heavy (non-hydrogen) atoms. The van der Waals surface area contributed by atoms with Crippen LogP contribution in [0.4, 0.5) is 5.69 Å². The smallest absolute Gasteiger partial charge is 0.229 e. The van der Waals surface area contributed by atoms with E-state index in [0.29, 0.717) is 6.42 Å². The van der Waals surface area contributed by atoms with Gasteiger partial charge in [-0.25, -0.2) is 0 Å². The number of hydrogen-bond donors (Lipinski definition) is 1. The quantitative estimate of drug-likeness (QED) is 0.557. The Morgan fingerprint density at radius 1 is 0.960 bits per heavy atom. The second-order valence-electron chi connectivity index (χ2n) is 5.73. The van der Waals surface area contributed by atoms with Gasteiger partial charge in [0, 0.05) is 16.5 Å². The van der Waals surface area contributed by atoms with Crippen LogP contribution in [-0.2, 0) is 11.2 Å². The van der Waals surface area contributed by atoms with Gasteiger partial charge < -0.3 is 5.32 Å². The van der Waals surface area contributed by atoms with E-state index in [2.05, 4.69) is 22.4 Å². The van der Waals surface area contributed by atoms with Gasteiger partial charge >= 0.3 is 0 Å². The van der Waals surface area contributed by atoms with E-state index in [4.69, 9.17) is 0 Å². The average Bonchev–Trinajstić information content (AvgIpc) is 3.15. The van der Waals surface area contributed by atoms with Crippen LogP contribution >= 0.6 is 11.3 Å². The third kappa shape index (κ3) is 3.30. The number of benzene rings is 2. The van der Waals surface area contributed by atoms with Gasteiger partial charge in [-0.2, -0.15) is 0 Å². The summed E-state index contributed by atoms with van der Waals surface area (Å²) in [5.74, 6) is -0.0261. The fraction of sp³-hybridized carbons (Fsp3) is 0.0476. The molecule has 4 heteroatoms. The summed E-state index contributed by atoms with van der Waals surface area (Å²) in [5.41, 5.74) is 3.80. The number of aromatic nitrogens is 1. The Hall–Kier alpha value is -2.98. The summed E-state index contributed by atoms with van der Waals surface area (Å²) in [6.45, 7) is 0. The van der Waals surface area contributed by atoms with Crippen molar-refractivity contribution in [1.29, 1.82) is 0 Å². The summed E-state index contributed by atoms with van der Waals surface area (Å²) in [6, 6.07) is 22.1. The third-order valence-corrected chi connectivity index (χ3v) is 4.92. The Morgan fingerprint density at radius 2 is 1.84 bits per heavy atom. The molecular weight excluding hydrogens is 328 g/mol. The SMILES string of the molecule is O=C(Cc1cccs1)Nc1ccc(-c2ccccc2)c2cccnc12. The number of carbonyl (C=O) groups is 1. The molecule has 2 aromatic carbocycles. The Kier molecular flexibility index (Phi) is 4.27. The lowest BCUT2D eigenvalue weighted by Crippen LogP contribution is -2.14. The van der Waals surface area contributed by atoms with Gasteiger partial charge in [0.25, 0.3) is 0 Å². The molecule has 0 aliphatic carbocycles. The van der Waals surface area contributed by atoms with Crippen molar-refractivity contribution in [2.45, 2.75) is 6.42 Å². The van der Waals surface area contributed by atoms with E-state index in [-0.39, 0.29) is 5.91 Å². The second-order valence-corrected chi connectivity index (χ2v) is 6.76. The highest BCUT2D eigenvalue weighted by atomic mass is 32.1. The maximum Gasteiger partial charge on any atom is 0.229 e. The summed E-state index contributed by atoms with van der Waals surface area (Å²) >= 11 is 1.59. The second kappa shape index (κ2) is 6.87. The van der Waals surface area contributed by atoms with Gasteiger partial charge in [-0.15, -0.1) is 11.3 Å². The molecule has 2 aromatic heterocycles. The topological polar surface area (TPSA) is 42.0 Å². The maximum absolute atomic E-state index is 12.3. The van der Waals surface area contributed by atoms with Crippen molar-refractivity contribution in [3.8, 4) is 11.1 Å². The number of pyridine rings is 1. The first-order chi connectivity index (χ1) is 12.3. The van der Waals surface area contributed by atoms with E-state index in [0.717, 1.165) is 32.6 Å². The maximum atomic E-state index is 12.3. The molecule has 0 fully saturated rings. The predicted octanol–water partition coefficient (Wildman–Crippen LogP) is 5.14. The fourth-order valence-electron chi connectivity index (χ4n) is 2.91. The van der Waals surface area contributed by atoms with Crippen LogP contribution in [0.25, 0.3) is 22.0 Å². The third-order valence-electron chi connectivity index (χ3n) is 4.04. The van der Waals surface area contributed by atoms with Gasteiger partial charge in [0.2, 0.25) is 5.91 Å². The summed E-state index contributed by atoms with van der Waals surface area (Å²) in [6.07, 6.45) is 2.14. The van der Waals surface area contributed by atoms with Gasteiger partial charge in [-0.05, 0) is 34.7 Å². The molecule has 0 aliphatic rings. The molecule has 0 saturated carbocycles. The molecule has 4 rings (SSSR count). The van der Waals surface area contributed by atoms with Gasteiger partial charge in [0.15, 0.2) is 0 Å². The minimum Gasteiger partial charge on any atom is -0.324 e. The highest BCUT2D eigenvalue weighted by Gasteiger charge is 2.11. The molecule has 1 N–H and O–H groups in total. The van der Waals surface area contributed by atoms with Crippen LogP contribution in [0.15, 0.2) is 78.3 Å². The van der Waals surface area contributed by atoms with Crippen LogP contribution in [0.2, 0.25) is 0 Å². The summed E-state index contributed by atoms with van der Waals surface area (Å²) in [4.78, 5) is 17.9. The van der Waals surface area contributed by atoms with Crippen molar-refractivity contribution in [3.63, 3.8) is 0 Å². The predicted molar refractivity (Wildman–Crippen MR) is 104 cm³/mol. The lowest BCUT2D eigenvalue weighted by Gasteiger charge is -2.11. The van der Waals surface area contributed by atoms with Gasteiger partial charge in [0.1, 0.15) is 0 Å².